The second-order valence-corrected chi connectivity index (χ2v) is 9.05. The molecule has 4 amide bonds. The molecule has 0 saturated carbocycles. The maximum absolute atomic E-state index is 12.9. The third kappa shape index (κ3) is 13.2. The van der Waals surface area contributed by atoms with Crippen molar-refractivity contribution in [2.24, 2.45) is 39.8 Å². The van der Waals surface area contributed by atoms with Crippen LogP contribution in [0.1, 0.15) is 53.4 Å². The number of hydrogen-bond donors (Lipinski definition) is 8. The summed E-state index contributed by atoms with van der Waals surface area (Å²) < 4.78 is 0. The molecule has 0 spiro atoms. The molecule has 0 aliphatic rings. The molecule has 0 aromatic heterocycles. The SMILES string of the molecule is CC(C)CC(NC(=O)C(NC(=O)C(CC(N)=O)NC(=O)C(N)CCCN=C(N)N)C(C)C)C(=O)O. The number of nitrogens with two attached hydrogens (primary N) is 4. The molecule has 35 heavy (non-hydrogen) atoms. The Balaban J connectivity index is 5.34. The summed E-state index contributed by atoms with van der Waals surface area (Å²) in [6.45, 7) is 7.18. The summed E-state index contributed by atoms with van der Waals surface area (Å²) in [5.41, 5.74) is 21.5. The Hall–Kier alpha value is -3.42. The fourth-order valence-electron chi connectivity index (χ4n) is 3.08. The van der Waals surface area contributed by atoms with Crippen LogP contribution >= 0.6 is 0 Å². The molecular formula is C21H40N8O6. The molecule has 14 heteroatoms. The topological polar surface area (TPSA) is 258 Å². The summed E-state index contributed by atoms with van der Waals surface area (Å²) >= 11 is 0. The van der Waals surface area contributed by atoms with Crippen LogP contribution in [-0.4, -0.2) is 71.4 Å². The summed E-state index contributed by atoms with van der Waals surface area (Å²) in [5, 5.41) is 16.7. The van der Waals surface area contributed by atoms with Gasteiger partial charge in [-0.25, -0.2) is 4.79 Å². The Labute approximate surface area is 205 Å². The molecule has 0 aromatic carbocycles. The van der Waals surface area contributed by atoms with Gasteiger partial charge in [-0.1, -0.05) is 27.7 Å². The molecule has 0 radical (unpaired) electrons. The van der Waals surface area contributed by atoms with Crippen LogP contribution in [0.4, 0.5) is 0 Å². The molecule has 0 saturated heterocycles. The lowest BCUT2D eigenvalue weighted by atomic mass is 9.99. The number of primary amides is 1. The first-order valence-electron chi connectivity index (χ1n) is 11.4. The molecule has 0 aromatic rings. The number of carbonyl (C=O) groups excluding carboxylic acids is 4. The second-order valence-electron chi connectivity index (χ2n) is 9.05. The molecule has 0 rings (SSSR count). The first kappa shape index (κ1) is 31.6. The van der Waals surface area contributed by atoms with Crippen molar-refractivity contribution in [2.45, 2.75) is 77.5 Å². The number of carboxylic acids is 1. The third-order valence-electron chi connectivity index (χ3n) is 4.91. The van der Waals surface area contributed by atoms with Gasteiger partial charge >= 0.3 is 5.97 Å². The zero-order chi connectivity index (χ0) is 27.3. The quantitative estimate of drug-likeness (QED) is 0.0631. The molecule has 4 atom stereocenters. The van der Waals surface area contributed by atoms with Gasteiger partial charge in [-0.05, 0) is 31.1 Å². The van der Waals surface area contributed by atoms with Crippen LogP contribution in [-0.2, 0) is 24.0 Å². The predicted molar refractivity (Wildman–Crippen MR) is 129 cm³/mol. The van der Waals surface area contributed by atoms with Crippen molar-refractivity contribution in [3.05, 3.63) is 0 Å². The average Bonchev–Trinajstić information content (AvgIpc) is 2.72. The van der Waals surface area contributed by atoms with E-state index in [-0.39, 0.29) is 31.3 Å². The number of carbonyl (C=O) groups is 5. The fourth-order valence-corrected chi connectivity index (χ4v) is 3.08. The Morgan fingerprint density at radius 2 is 1.43 bits per heavy atom. The number of aliphatic imine (C=N–C) groups is 1. The lowest BCUT2D eigenvalue weighted by molar-refractivity contribution is -0.143. The van der Waals surface area contributed by atoms with Crippen molar-refractivity contribution >= 4 is 35.6 Å². The minimum Gasteiger partial charge on any atom is -0.480 e. The Morgan fingerprint density at radius 3 is 1.89 bits per heavy atom. The first-order chi connectivity index (χ1) is 16.1. The van der Waals surface area contributed by atoms with Gasteiger partial charge in [0.2, 0.25) is 23.6 Å². The first-order valence-corrected chi connectivity index (χ1v) is 11.4. The number of guanidine groups is 1. The van der Waals surface area contributed by atoms with Crippen LogP contribution in [0, 0.1) is 11.8 Å². The van der Waals surface area contributed by atoms with Gasteiger partial charge in [-0.3, -0.25) is 24.2 Å². The highest BCUT2D eigenvalue weighted by Crippen LogP contribution is 2.09. The van der Waals surface area contributed by atoms with Crippen molar-refractivity contribution in [2.75, 3.05) is 6.54 Å². The predicted octanol–water partition coefficient (Wildman–Crippen LogP) is -2.52. The monoisotopic (exact) mass is 500 g/mol. The van der Waals surface area contributed by atoms with Gasteiger partial charge in [0.25, 0.3) is 0 Å². The van der Waals surface area contributed by atoms with Crippen LogP contribution in [0.2, 0.25) is 0 Å². The normalized spacial score (nSPS) is 14.4. The summed E-state index contributed by atoms with van der Waals surface area (Å²) in [4.78, 5) is 64.9. The third-order valence-corrected chi connectivity index (χ3v) is 4.91. The number of carboxylic acid groups (broad SMARTS) is 1. The summed E-state index contributed by atoms with van der Waals surface area (Å²) in [6, 6.07) is -4.66. The van der Waals surface area contributed by atoms with Gasteiger partial charge in [0.15, 0.2) is 5.96 Å². The van der Waals surface area contributed by atoms with Crippen LogP contribution in [0.25, 0.3) is 0 Å². The number of nitrogens with one attached hydrogen (secondary N) is 3. The standard InChI is InChI=1S/C21H40N8O6/c1-10(2)8-14(20(34)35)28-19(33)16(11(3)4)29-18(32)13(9-15(23)30)27-17(31)12(22)6-5-7-26-21(24)25/h10-14,16H,5-9,22H2,1-4H3,(H2,23,30)(H,27,31)(H,28,33)(H,29,32)(H,34,35)(H4,24,25,26). The van der Waals surface area contributed by atoms with Crippen LogP contribution in [0.15, 0.2) is 4.99 Å². The van der Waals surface area contributed by atoms with Crippen molar-refractivity contribution < 1.29 is 29.1 Å². The molecule has 14 nitrogen and oxygen atoms in total. The smallest absolute Gasteiger partial charge is 0.326 e. The fraction of sp³-hybridized carbons (Fsp3) is 0.714. The van der Waals surface area contributed by atoms with Gasteiger partial charge in [-0.2, -0.15) is 0 Å². The minimum atomic E-state index is -1.39. The zero-order valence-electron chi connectivity index (χ0n) is 20.7. The van der Waals surface area contributed by atoms with Gasteiger partial charge in [0, 0.05) is 6.54 Å². The van der Waals surface area contributed by atoms with Crippen molar-refractivity contribution in [1.29, 1.82) is 0 Å². The van der Waals surface area contributed by atoms with E-state index >= 15 is 0 Å². The summed E-state index contributed by atoms with van der Waals surface area (Å²) in [6.07, 6.45) is 0.268. The zero-order valence-corrected chi connectivity index (χ0v) is 20.7. The maximum Gasteiger partial charge on any atom is 0.326 e. The Bertz CT molecular complexity index is 782. The molecule has 200 valence electrons. The van der Waals surface area contributed by atoms with E-state index in [1.54, 1.807) is 13.8 Å². The number of aliphatic carboxylic acids is 1. The molecule has 0 aliphatic heterocycles. The van der Waals surface area contributed by atoms with Crippen molar-refractivity contribution in [1.82, 2.24) is 16.0 Å². The molecule has 12 N–H and O–H groups in total. The largest absolute Gasteiger partial charge is 0.480 e. The Kier molecular flexibility index (Phi) is 14.0. The number of hydrogen-bond acceptors (Lipinski definition) is 7. The molecular weight excluding hydrogens is 460 g/mol. The highest BCUT2D eigenvalue weighted by atomic mass is 16.4. The summed E-state index contributed by atoms with van der Waals surface area (Å²) in [5.74, 6) is -4.84. The lowest BCUT2D eigenvalue weighted by Gasteiger charge is -2.27. The minimum absolute atomic E-state index is 0.00215. The van der Waals surface area contributed by atoms with Gasteiger partial charge in [0.05, 0.1) is 12.5 Å². The molecule has 4 unspecified atom stereocenters. The van der Waals surface area contributed by atoms with Crippen LogP contribution in [0.3, 0.4) is 0 Å². The van der Waals surface area contributed by atoms with Gasteiger partial charge in [0.1, 0.15) is 18.1 Å². The van der Waals surface area contributed by atoms with E-state index in [0.29, 0.717) is 6.42 Å². The number of nitrogens with zero attached hydrogens (tertiary/aromatic N) is 1. The van der Waals surface area contributed by atoms with E-state index in [9.17, 15) is 29.1 Å². The molecule has 0 fully saturated rings. The molecule has 0 bridgehead atoms. The van der Waals surface area contributed by atoms with E-state index in [0.717, 1.165) is 0 Å². The number of rotatable bonds is 16. The molecule has 0 heterocycles. The van der Waals surface area contributed by atoms with Crippen molar-refractivity contribution in [3.63, 3.8) is 0 Å². The number of amides is 4. The highest BCUT2D eigenvalue weighted by molar-refractivity contribution is 5.96. The van der Waals surface area contributed by atoms with E-state index in [1.165, 1.54) is 0 Å². The maximum atomic E-state index is 12.9. The van der Waals surface area contributed by atoms with E-state index < -0.39 is 66.1 Å². The van der Waals surface area contributed by atoms with Crippen LogP contribution in [0.5, 0.6) is 0 Å². The van der Waals surface area contributed by atoms with Gasteiger partial charge < -0.3 is 44.0 Å². The molecule has 0 aliphatic carbocycles. The van der Waals surface area contributed by atoms with E-state index in [2.05, 4.69) is 20.9 Å². The van der Waals surface area contributed by atoms with E-state index in [4.69, 9.17) is 22.9 Å². The lowest BCUT2D eigenvalue weighted by Crippen LogP contribution is -2.59. The Morgan fingerprint density at radius 1 is 0.857 bits per heavy atom. The van der Waals surface area contributed by atoms with Crippen LogP contribution < -0.4 is 38.9 Å². The highest BCUT2D eigenvalue weighted by Gasteiger charge is 2.32. The van der Waals surface area contributed by atoms with Crippen molar-refractivity contribution in [3.8, 4) is 0 Å². The summed E-state index contributed by atoms with van der Waals surface area (Å²) in [7, 11) is 0. The second kappa shape index (κ2) is 15.5. The van der Waals surface area contributed by atoms with Gasteiger partial charge in [-0.15, -0.1) is 0 Å². The van der Waals surface area contributed by atoms with E-state index in [1.807, 2.05) is 13.8 Å². The average molecular weight is 501 g/mol.